The van der Waals surface area contributed by atoms with Crippen molar-refractivity contribution in [1.82, 2.24) is 15.0 Å². The summed E-state index contributed by atoms with van der Waals surface area (Å²) in [6, 6.07) is -0.704. The fourth-order valence-electron chi connectivity index (χ4n) is 10.4. The number of methoxy groups -OCH3 is 1. The standard InChI is InChI=1S/C55H72N4O7.Mg/c1-12-37-34(8)41-27-42-35(9)39(23-24-45(61)66-26-25-33(7)22-16-21-32(6)20-15-19-31(5)18-14-17-30(3)4)49(56-42)47-48(55(64)65-11)53(62)46-36(10)43(58-52(46)47)28-44-38(13-2)40(29-60)51(59-44)54(63)50(37)57-41;/h12,25,27-32,35,39,48-49,63H,1,13-24,26H2,2-11H3,(H,60,62);/q-4;+2/b33-25+,42-27+,54-51+;/t31-,32-,35+,39+,48-,49?;/m1./s1. The van der Waals surface area contributed by atoms with Gasteiger partial charge in [-0.1, -0.05) is 156 Å². The third kappa shape index (κ3) is 11.6. The quantitative estimate of drug-likeness (QED) is 0.0490. The molecule has 3 aromatic heterocycles. The normalized spacial score (nSPS) is 22.1. The summed E-state index contributed by atoms with van der Waals surface area (Å²) in [6.07, 6.45) is 20.3. The van der Waals surface area contributed by atoms with Crippen molar-refractivity contribution in [3.05, 3.63) is 95.4 Å². The Morgan fingerprint density at radius 1 is 0.910 bits per heavy atom. The molecule has 5 heterocycles. The van der Waals surface area contributed by atoms with Gasteiger partial charge in [-0.15, -0.1) is 22.1 Å². The molecule has 12 heteroatoms. The maximum Gasteiger partial charge on any atom is 2.00 e. The van der Waals surface area contributed by atoms with Crippen LogP contribution in [0, 0.1) is 49.4 Å². The molecule has 6 atom stereocenters. The van der Waals surface area contributed by atoms with Gasteiger partial charge in [0.2, 0.25) is 0 Å². The fraction of sp³-hybridized carbons (Fsp3) is 0.545. The van der Waals surface area contributed by atoms with Crippen LogP contribution in [-0.4, -0.2) is 70.7 Å². The van der Waals surface area contributed by atoms with E-state index in [1.54, 1.807) is 19.1 Å². The molecular weight excluding hydrogens is 853 g/mol. The first-order valence-electron chi connectivity index (χ1n) is 24.3. The molecule has 0 radical (unpaired) electrons. The Morgan fingerprint density at radius 2 is 1.58 bits per heavy atom. The van der Waals surface area contributed by atoms with Gasteiger partial charge >= 0.3 is 35.0 Å². The van der Waals surface area contributed by atoms with Crippen LogP contribution in [0.4, 0.5) is 0 Å². The van der Waals surface area contributed by atoms with Crippen LogP contribution in [0.25, 0.3) is 41.1 Å². The molecule has 0 spiro atoms. The van der Waals surface area contributed by atoms with Crippen molar-refractivity contribution in [2.75, 3.05) is 13.7 Å². The molecule has 0 amide bonds. The van der Waals surface area contributed by atoms with E-state index in [4.69, 9.17) is 29.7 Å². The molecule has 8 bridgehead atoms. The number of rotatable bonds is 20. The van der Waals surface area contributed by atoms with Crippen molar-refractivity contribution >= 4 is 76.6 Å². The monoisotopic (exact) mass is 925 g/mol. The maximum atomic E-state index is 14.4. The number of aliphatic hydroxyl groups is 2. The number of ketones is 1. The van der Waals surface area contributed by atoms with Crippen LogP contribution in [-0.2, 0) is 25.5 Å². The third-order valence-electron chi connectivity index (χ3n) is 14.5. The number of carbonyl (C=O) groups is 3. The van der Waals surface area contributed by atoms with E-state index in [9.17, 15) is 24.6 Å². The molecule has 1 aliphatic carbocycles. The number of aliphatic hydroxyl groups excluding tert-OH is 2. The van der Waals surface area contributed by atoms with Crippen molar-refractivity contribution < 1.29 is 34.1 Å². The SMILES string of the molecule is C=Cc1c2[n-]c(c1C)/C=C1/[N-]C(C3=c4[n-]/c(c(C)c4C(=O)[C@@H]3C(=O)OC)=C\c3[n-]c(/c(=C\O)c3CC)=C\2O)[C@@H](CCC(=O)OC/C=C(\C)CCC[C@H](C)CCC[C@H](C)CCCC(C)C)[C@@H]1C.[Mg+2]. The van der Waals surface area contributed by atoms with Gasteiger partial charge in [-0.3, -0.25) is 14.4 Å². The average Bonchev–Trinajstić information content (AvgIpc) is 4.05. The first-order valence-corrected chi connectivity index (χ1v) is 24.3. The second-order valence-corrected chi connectivity index (χ2v) is 19.6. The van der Waals surface area contributed by atoms with Gasteiger partial charge in [-0.2, -0.15) is 5.70 Å². The molecule has 3 aromatic rings. The minimum atomic E-state index is -1.26. The number of carbonyl (C=O) groups excluding carboxylic acids is 3. The maximum absolute atomic E-state index is 14.4. The van der Waals surface area contributed by atoms with Gasteiger partial charge in [0.25, 0.3) is 0 Å². The van der Waals surface area contributed by atoms with Crippen LogP contribution in [0.15, 0.2) is 23.9 Å². The molecule has 0 aromatic carbocycles. The summed E-state index contributed by atoms with van der Waals surface area (Å²) in [5, 5.41) is 28.9. The molecule has 2 aliphatic heterocycles. The number of ether oxygens (including phenoxy) is 2. The summed E-state index contributed by atoms with van der Waals surface area (Å²) in [5.74, 6) is -1.21. The van der Waals surface area contributed by atoms with Crippen LogP contribution in [0.1, 0.15) is 169 Å². The van der Waals surface area contributed by atoms with Gasteiger partial charge in [0, 0.05) is 12.0 Å². The van der Waals surface area contributed by atoms with E-state index in [0.29, 0.717) is 79.6 Å². The molecular formula is C55H72MgN4O7-2. The van der Waals surface area contributed by atoms with Gasteiger partial charge in [0.15, 0.2) is 5.78 Å². The number of Topliss-reactive ketones (excluding diaryl/α,β-unsaturated/α-hetero) is 1. The molecule has 2 N–H and O–H groups in total. The fourth-order valence-corrected chi connectivity index (χ4v) is 10.4. The molecule has 358 valence electrons. The summed E-state index contributed by atoms with van der Waals surface area (Å²) in [6.45, 7) is 23.3. The Hall–Kier alpha value is -4.68. The van der Waals surface area contributed by atoms with Crippen molar-refractivity contribution in [2.45, 2.75) is 145 Å². The van der Waals surface area contributed by atoms with E-state index in [1.165, 1.54) is 57.6 Å². The van der Waals surface area contributed by atoms with Crippen molar-refractivity contribution in [2.24, 2.45) is 35.5 Å². The van der Waals surface area contributed by atoms with Gasteiger partial charge < -0.3 is 40.0 Å². The average molecular weight is 926 g/mol. The minimum absolute atomic E-state index is 0. The summed E-state index contributed by atoms with van der Waals surface area (Å²) < 4.78 is 11.0. The van der Waals surface area contributed by atoms with Gasteiger partial charge in [0.05, 0.1) is 19.1 Å². The molecule has 11 nitrogen and oxygen atoms in total. The van der Waals surface area contributed by atoms with Gasteiger partial charge in [0.1, 0.15) is 12.5 Å². The van der Waals surface area contributed by atoms with Crippen molar-refractivity contribution in [3.8, 4) is 0 Å². The number of fused-ring (bicyclic) bond motifs is 8. The third-order valence-corrected chi connectivity index (χ3v) is 14.5. The van der Waals surface area contributed by atoms with E-state index in [0.717, 1.165) is 36.5 Å². The number of aromatic nitrogens is 3. The zero-order valence-electron chi connectivity index (χ0n) is 41.8. The Morgan fingerprint density at radius 3 is 2.21 bits per heavy atom. The second-order valence-electron chi connectivity index (χ2n) is 19.6. The van der Waals surface area contributed by atoms with Gasteiger partial charge in [-0.25, -0.2) is 0 Å². The first-order chi connectivity index (χ1) is 31.5. The van der Waals surface area contributed by atoms with E-state index in [2.05, 4.69) is 41.2 Å². The molecule has 3 aliphatic rings. The Labute approximate surface area is 413 Å². The molecule has 1 unspecified atom stereocenters. The second kappa shape index (κ2) is 23.6. The summed E-state index contributed by atoms with van der Waals surface area (Å²) in [4.78, 5) is 56.2. The van der Waals surface area contributed by atoms with Crippen LogP contribution in [0.3, 0.4) is 0 Å². The van der Waals surface area contributed by atoms with Crippen LogP contribution >= 0.6 is 0 Å². The zero-order valence-corrected chi connectivity index (χ0v) is 43.2. The number of esters is 2. The smallest absolute Gasteiger partial charge is 0.681 e. The molecule has 1 fully saturated rings. The van der Waals surface area contributed by atoms with Crippen molar-refractivity contribution in [3.63, 3.8) is 0 Å². The Balaban J connectivity index is 0.00000840. The van der Waals surface area contributed by atoms with E-state index in [1.807, 2.05) is 32.9 Å². The minimum Gasteiger partial charge on any atom is -0.681 e. The predicted molar refractivity (Wildman–Crippen MR) is 268 cm³/mol. The summed E-state index contributed by atoms with van der Waals surface area (Å²) in [5.41, 5.74) is 6.50. The predicted octanol–water partition coefficient (Wildman–Crippen LogP) is 8.05. The van der Waals surface area contributed by atoms with Crippen LogP contribution in [0.2, 0.25) is 0 Å². The van der Waals surface area contributed by atoms with Crippen molar-refractivity contribution in [1.29, 1.82) is 0 Å². The Kier molecular flexibility index (Phi) is 18.7. The van der Waals surface area contributed by atoms with E-state index >= 15 is 0 Å². The van der Waals surface area contributed by atoms with E-state index in [-0.39, 0.29) is 70.7 Å². The topological polar surface area (TPSA) is 167 Å². The molecule has 1 saturated heterocycles. The number of hydrogen-bond acceptors (Lipinski definition) is 7. The van der Waals surface area contributed by atoms with Gasteiger partial charge in [-0.05, 0) is 92.9 Å². The number of nitrogens with zero attached hydrogens (tertiary/aromatic N) is 4. The molecule has 67 heavy (non-hydrogen) atoms. The largest absolute Gasteiger partial charge is 2.00 e. The van der Waals surface area contributed by atoms with E-state index < -0.39 is 23.7 Å². The number of allylic oxidation sites excluding steroid dienone is 2. The first kappa shape index (κ1) is 53.3. The van der Waals surface area contributed by atoms with Crippen LogP contribution in [0.5, 0.6) is 0 Å². The summed E-state index contributed by atoms with van der Waals surface area (Å²) in [7, 11) is 1.27. The zero-order chi connectivity index (χ0) is 48.0. The Bertz CT molecular complexity index is 2620. The summed E-state index contributed by atoms with van der Waals surface area (Å²) >= 11 is 0. The van der Waals surface area contributed by atoms with Crippen LogP contribution < -0.4 is 36.2 Å². The molecule has 6 rings (SSSR count). The molecule has 0 saturated carbocycles. The number of hydrogen-bond donors (Lipinski definition) is 2.